The van der Waals surface area contributed by atoms with Crippen LogP contribution in [0.15, 0.2) is 24.3 Å². The van der Waals surface area contributed by atoms with Gasteiger partial charge in [-0.2, -0.15) is 8.78 Å². The maximum absolute atomic E-state index is 12.2. The van der Waals surface area contributed by atoms with E-state index < -0.39 is 6.61 Å². The molecular weight excluding hydrogens is 260 g/mol. The normalized spacial score (nSPS) is 11.7. The minimum atomic E-state index is -2.78. The molecule has 20 heavy (non-hydrogen) atoms. The van der Waals surface area contributed by atoms with E-state index in [9.17, 15) is 8.78 Å². The smallest absolute Gasteiger partial charge is 0.387 e. The van der Waals surface area contributed by atoms with Gasteiger partial charge in [0, 0.05) is 17.8 Å². The van der Waals surface area contributed by atoms with Crippen LogP contribution in [-0.4, -0.2) is 12.7 Å². The predicted octanol–water partition coefficient (Wildman–Crippen LogP) is 5.16. The number of halogens is 2. The van der Waals surface area contributed by atoms with E-state index in [1.54, 1.807) is 12.1 Å². The van der Waals surface area contributed by atoms with Crippen LogP contribution in [0.25, 0.3) is 0 Å². The van der Waals surface area contributed by atoms with Crippen molar-refractivity contribution in [2.75, 3.05) is 5.32 Å². The van der Waals surface area contributed by atoms with E-state index in [2.05, 4.69) is 37.7 Å². The van der Waals surface area contributed by atoms with Gasteiger partial charge in [0.1, 0.15) is 5.75 Å². The molecule has 0 fully saturated rings. The molecule has 0 aliphatic heterocycles. The van der Waals surface area contributed by atoms with Crippen LogP contribution in [0.2, 0.25) is 0 Å². The highest BCUT2D eigenvalue weighted by molar-refractivity contribution is 5.48. The third-order valence-electron chi connectivity index (χ3n) is 2.94. The highest BCUT2D eigenvalue weighted by Gasteiger charge is 2.13. The van der Waals surface area contributed by atoms with E-state index in [0.29, 0.717) is 17.9 Å². The maximum atomic E-state index is 12.2. The van der Waals surface area contributed by atoms with Gasteiger partial charge in [0.2, 0.25) is 0 Å². The second-order valence-corrected chi connectivity index (χ2v) is 6.01. The molecule has 1 N–H and O–H groups in total. The molecule has 0 saturated carbocycles. The SMILES string of the molecule is CC(C)CC(CC(C)C)Nc1cccc(OC(F)F)c1. The lowest BCUT2D eigenvalue weighted by atomic mass is 9.95. The van der Waals surface area contributed by atoms with Crippen molar-refractivity contribution < 1.29 is 13.5 Å². The molecule has 0 aliphatic rings. The highest BCUT2D eigenvalue weighted by Crippen LogP contribution is 2.23. The summed E-state index contributed by atoms with van der Waals surface area (Å²) in [6, 6.07) is 7.11. The Labute approximate surface area is 120 Å². The Morgan fingerprint density at radius 2 is 1.65 bits per heavy atom. The minimum Gasteiger partial charge on any atom is -0.435 e. The van der Waals surface area contributed by atoms with Crippen LogP contribution >= 0.6 is 0 Å². The number of anilines is 1. The first-order valence-corrected chi connectivity index (χ1v) is 7.18. The first kappa shape index (κ1) is 16.7. The highest BCUT2D eigenvalue weighted by atomic mass is 19.3. The van der Waals surface area contributed by atoms with E-state index in [4.69, 9.17) is 0 Å². The summed E-state index contributed by atoms with van der Waals surface area (Å²) in [7, 11) is 0. The average molecular weight is 285 g/mol. The van der Waals surface area contributed by atoms with E-state index in [1.807, 2.05) is 6.07 Å². The van der Waals surface area contributed by atoms with Gasteiger partial charge < -0.3 is 10.1 Å². The van der Waals surface area contributed by atoms with Crippen molar-refractivity contribution in [2.24, 2.45) is 11.8 Å². The molecule has 0 spiro atoms. The Balaban J connectivity index is 2.71. The fourth-order valence-corrected chi connectivity index (χ4v) is 2.35. The Bertz CT molecular complexity index is 384. The van der Waals surface area contributed by atoms with Crippen LogP contribution in [0.1, 0.15) is 40.5 Å². The van der Waals surface area contributed by atoms with Crippen LogP contribution in [-0.2, 0) is 0 Å². The molecule has 0 radical (unpaired) electrons. The fraction of sp³-hybridized carbons (Fsp3) is 0.625. The minimum absolute atomic E-state index is 0.192. The zero-order chi connectivity index (χ0) is 15.1. The summed E-state index contributed by atoms with van der Waals surface area (Å²) >= 11 is 0. The molecule has 0 aliphatic carbocycles. The molecule has 4 heteroatoms. The molecule has 1 aromatic rings. The van der Waals surface area contributed by atoms with E-state index in [0.717, 1.165) is 18.5 Å². The standard InChI is InChI=1S/C16H25F2NO/c1-11(2)8-14(9-12(3)4)19-13-6-5-7-15(10-13)20-16(17)18/h5-7,10-12,14,16,19H,8-9H2,1-4H3. The molecule has 0 bridgehead atoms. The molecule has 1 rings (SSSR count). The van der Waals surface area contributed by atoms with Gasteiger partial charge in [-0.1, -0.05) is 33.8 Å². The number of alkyl halides is 2. The van der Waals surface area contributed by atoms with Crippen molar-refractivity contribution in [2.45, 2.75) is 53.2 Å². The molecule has 1 aromatic carbocycles. The number of benzene rings is 1. The van der Waals surface area contributed by atoms with E-state index in [-0.39, 0.29) is 5.75 Å². The lowest BCUT2D eigenvalue weighted by Gasteiger charge is -2.23. The van der Waals surface area contributed by atoms with Crippen molar-refractivity contribution >= 4 is 5.69 Å². The van der Waals surface area contributed by atoms with E-state index >= 15 is 0 Å². The first-order valence-electron chi connectivity index (χ1n) is 7.18. The zero-order valence-corrected chi connectivity index (χ0v) is 12.7. The molecule has 0 atom stereocenters. The summed E-state index contributed by atoms with van der Waals surface area (Å²) < 4.78 is 28.9. The molecule has 2 nitrogen and oxygen atoms in total. The monoisotopic (exact) mass is 285 g/mol. The second kappa shape index (κ2) is 8.08. The third kappa shape index (κ3) is 6.73. The molecule has 0 aromatic heterocycles. The summed E-state index contributed by atoms with van der Waals surface area (Å²) in [5, 5.41) is 3.43. The number of ether oxygens (including phenoxy) is 1. The first-order chi connectivity index (χ1) is 9.36. The van der Waals surface area contributed by atoms with Gasteiger partial charge in [-0.15, -0.1) is 0 Å². The van der Waals surface area contributed by atoms with Crippen molar-refractivity contribution in [3.05, 3.63) is 24.3 Å². The third-order valence-corrected chi connectivity index (χ3v) is 2.94. The molecular formula is C16H25F2NO. The Morgan fingerprint density at radius 1 is 1.05 bits per heavy atom. The Hall–Kier alpha value is -1.32. The van der Waals surface area contributed by atoms with E-state index in [1.165, 1.54) is 6.07 Å². The van der Waals surface area contributed by atoms with Crippen LogP contribution in [0.4, 0.5) is 14.5 Å². The fourth-order valence-electron chi connectivity index (χ4n) is 2.35. The average Bonchev–Trinajstić information content (AvgIpc) is 2.26. The second-order valence-electron chi connectivity index (χ2n) is 6.01. The van der Waals surface area contributed by atoms with Crippen LogP contribution in [0.3, 0.4) is 0 Å². The van der Waals surface area contributed by atoms with Crippen LogP contribution in [0.5, 0.6) is 5.75 Å². The van der Waals surface area contributed by atoms with Gasteiger partial charge in [-0.3, -0.25) is 0 Å². The number of rotatable bonds is 8. The summed E-state index contributed by atoms with van der Waals surface area (Å²) in [4.78, 5) is 0. The number of hydrogen-bond donors (Lipinski definition) is 1. The van der Waals surface area contributed by atoms with Gasteiger partial charge >= 0.3 is 6.61 Å². The number of hydrogen-bond acceptors (Lipinski definition) is 2. The van der Waals surface area contributed by atoms with Gasteiger partial charge in [-0.05, 0) is 36.8 Å². The molecule has 0 heterocycles. The van der Waals surface area contributed by atoms with Gasteiger partial charge in [0.05, 0.1) is 0 Å². The van der Waals surface area contributed by atoms with Crippen molar-refractivity contribution in [3.63, 3.8) is 0 Å². The quantitative estimate of drug-likeness (QED) is 0.712. The van der Waals surface area contributed by atoms with Gasteiger partial charge in [0.15, 0.2) is 0 Å². The van der Waals surface area contributed by atoms with Crippen LogP contribution < -0.4 is 10.1 Å². The summed E-state index contributed by atoms with van der Waals surface area (Å²) in [5.74, 6) is 1.37. The van der Waals surface area contributed by atoms with Crippen LogP contribution in [0, 0.1) is 11.8 Å². The largest absolute Gasteiger partial charge is 0.435 e. The summed E-state index contributed by atoms with van der Waals surface area (Å²) in [6.45, 7) is 5.96. The molecule has 114 valence electrons. The number of nitrogens with one attached hydrogen (secondary N) is 1. The summed E-state index contributed by atoms with van der Waals surface area (Å²) in [5.41, 5.74) is 0.828. The predicted molar refractivity (Wildman–Crippen MR) is 79.4 cm³/mol. The topological polar surface area (TPSA) is 21.3 Å². The lowest BCUT2D eigenvalue weighted by molar-refractivity contribution is -0.0498. The Kier molecular flexibility index (Phi) is 6.76. The van der Waals surface area contributed by atoms with Gasteiger partial charge in [-0.25, -0.2) is 0 Å². The van der Waals surface area contributed by atoms with Crippen molar-refractivity contribution in [3.8, 4) is 5.75 Å². The molecule has 0 amide bonds. The van der Waals surface area contributed by atoms with Crippen molar-refractivity contribution in [1.82, 2.24) is 0 Å². The molecule has 0 saturated heterocycles. The maximum Gasteiger partial charge on any atom is 0.387 e. The zero-order valence-electron chi connectivity index (χ0n) is 12.7. The molecule has 0 unspecified atom stereocenters. The van der Waals surface area contributed by atoms with Gasteiger partial charge in [0.25, 0.3) is 0 Å². The Morgan fingerprint density at radius 3 is 2.15 bits per heavy atom. The van der Waals surface area contributed by atoms with Crippen molar-refractivity contribution in [1.29, 1.82) is 0 Å². The lowest BCUT2D eigenvalue weighted by Crippen LogP contribution is -2.23. The summed E-state index contributed by atoms with van der Waals surface area (Å²) in [6.07, 6.45) is 2.11.